The van der Waals surface area contributed by atoms with Gasteiger partial charge in [0.1, 0.15) is 5.84 Å². The van der Waals surface area contributed by atoms with Crippen molar-refractivity contribution in [2.75, 3.05) is 26.2 Å². The van der Waals surface area contributed by atoms with Gasteiger partial charge >= 0.3 is 11.9 Å². The number of aliphatic carboxylic acids is 2. The Morgan fingerprint density at radius 1 is 0.972 bits per heavy atom. The Bertz CT molecular complexity index is 1130. The third-order valence-electron chi connectivity index (χ3n) is 6.34. The second-order valence-corrected chi connectivity index (χ2v) is 9.07. The minimum absolute atomic E-state index is 0.558. The van der Waals surface area contributed by atoms with E-state index < -0.39 is 11.9 Å². The standard InChI is InChI=1S/C25H31N3.C4H4O4/c1-4-20-10-13-24-22(18-20)11-12-23(21-8-6-5-7-9-21)25(26-24)28-16-14-27(15-17-28)19(2)3;5-3(6)1-2-4(7)8/h5-10,12-13,18-19H,4,11,14-17H2,1-3H3;1-2H,(H,5,6)(H,7,8)/b;2-1+. The molecule has 0 aliphatic carbocycles. The molecule has 0 spiro atoms. The number of aliphatic imine (C=N–C) groups is 1. The number of carboxylic acid groups (broad SMARTS) is 2. The van der Waals surface area contributed by atoms with Gasteiger partial charge < -0.3 is 15.1 Å². The molecule has 0 atom stereocenters. The SMILES string of the molecule is CCc1ccc2c(c1)CC=C(c1ccccc1)C(N1CCN(C(C)C)CC1)=N2.O=C(O)/C=C/C(=O)O. The number of amidine groups is 1. The number of hydrogen-bond donors (Lipinski definition) is 2. The van der Waals surface area contributed by atoms with E-state index in [1.807, 2.05) is 0 Å². The smallest absolute Gasteiger partial charge is 0.328 e. The average molecular weight is 490 g/mol. The number of benzene rings is 2. The fourth-order valence-electron chi connectivity index (χ4n) is 4.31. The van der Waals surface area contributed by atoms with Crippen LogP contribution in [0.15, 0.2) is 71.8 Å². The molecule has 7 heteroatoms. The molecule has 2 aromatic rings. The molecule has 0 saturated carbocycles. The quantitative estimate of drug-likeness (QED) is 0.594. The van der Waals surface area contributed by atoms with E-state index in [-0.39, 0.29) is 0 Å². The summed E-state index contributed by atoms with van der Waals surface area (Å²) < 4.78 is 0. The van der Waals surface area contributed by atoms with Gasteiger partial charge in [-0.05, 0) is 49.4 Å². The molecule has 2 aliphatic heterocycles. The highest BCUT2D eigenvalue weighted by Crippen LogP contribution is 2.31. The molecule has 36 heavy (non-hydrogen) atoms. The fourth-order valence-corrected chi connectivity index (χ4v) is 4.31. The number of hydrogen-bond acceptors (Lipinski definition) is 5. The van der Waals surface area contributed by atoms with Gasteiger partial charge in [0, 0.05) is 49.9 Å². The number of fused-ring (bicyclic) bond motifs is 1. The van der Waals surface area contributed by atoms with E-state index in [1.54, 1.807) is 0 Å². The van der Waals surface area contributed by atoms with E-state index in [2.05, 4.69) is 85.2 Å². The highest BCUT2D eigenvalue weighted by Gasteiger charge is 2.25. The summed E-state index contributed by atoms with van der Waals surface area (Å²) in [6.45, 7) is 11.0. The van der Waals surface area contributed by atoms with Gasteiger partial charge in [0.15, 0.2) is 0 Å². The van der Waals surface area contributed by atoms with Gasteiger partial charge in [-0.1, -0.05) is 55.5 Å². The van der Waals surface area contributed by atoms with Crippen LogP contribution >= 0.6 is 0 Å². The molecule has 190 valence electrons. The Balaban J connectivity index is 0.000000392. The summed E-state index contributed by atoms with van der Waals surface area (Å²) in [5.41, 5.74) is 6.38. The van der Waals surface area contributed by atoms with Crippen LogP contribution in [0.25, 0.3) is 5.57 Å². The van der Waals surface area contributed by atoms with E-state index in [0.29, 0.717) is 18.2 Å². The van der Waals surface area contributed by atoms with Crippen LogP contribution in [-0.4, -0.2) is 70.0 Å². The van der Waals surface area contributed by atoms with Crippen LogP contribution in [0.5, 0.6) is 0 Å². The highest BCUT2D eigenvalue weighted by molar-refractivity contribution is 6.23. The van der Waals surface area contributed by atoms with Crippen LogP contribution in [0.1, 0.15) is 37.5 Å². The third kappa shape index (κ3) is 7.39. The minimum Gasteiger partial charge on any atom is -0.478 e. The van der Waals surface area contributed by atoms with Crippen LogP contribution in [0.2, 0.25) is 0 Å². The second-order valence-electron chi connectivity index (χ2n) is 9.07. The van der Waals surface area contributed by atoms with Gasteiger partial charge in [0.25, 0.3) is 0 Å². The number of allylic oxidation sites excluding steroid dienone is 1. The monoisotopic (exact) mass is 489 g/mol. The summed E-state index contributed by atoms with van der Waals surface area (Å²) in [5, 5.41) is 15.6. The molecule has 2 heterocycles. The number of carbonyl (C=O) groups is 2. The highest BCUT2D eigenvalue weighted by atomic mass is 16.4. The lowest BCUT2D eigenvalue weighted by Gasteiger charge is -2.39. The van der Waals surface area contributed by atoms with Crippen LogP contribution in [0, 0.1) is 0 Å². The van der Waals surface area contributed by atoms with Crippen LogP contribution < -0.4 is 0 Å². The lowest BCUT2D eigenvalue weighted by Crippen LogP contribution is -2.50. The number of rotatable bonds is 5. The molecule has 4 rings (SSSR count). The van der Waals surface area contributed by atoms with Gasteiger partial charge in [-0.2, -0.15) is 0 Å². The van der Waals surface area contributed by atoms with Crippen LogP contribution in [-0.2, 0) is 22.4 Å². The summed E-state index contributed by atoms with van der Waals surface area (Å²) in [4.78, 5) is 29.4. The second kappa shape index (κ2) is 12.8. The van der Waals surface area contributed by atoms with Gasteiger partial charge in [0.05, 0.1) is 5.69 Å². The van der Waals surface area contributed by atoms with Crippen molar-refractivity contribution in [3.05, 3.63) is 83.4 Å². The Morgan fingerprint density at radius 3 is 2.17 bits per heavy atom. The van der Waals surface area contributed by atoms with Crippen molar-refractivity contribution in [3.63, 3.8) is 0 Å². The topological polar surface area (TPSA) is 93.4 Å². The Kier molecular flexibility index (Phi) is 9.59. The summed E-state index contributed by atoms with van der Waals surface area (Å²) in [6, 6.07) is 18.1. The summed E-state index contributed by atoms with van der Waals surface area (Å²) in [7, 11) is 0. The molecule has 1 saturated heterocycles. The summed E-state index contributed by atoms with van der Waals surface area (Å²) in [5.74, 6) is -1.38. The fraction of sp³-hybridized carbons (Fsp3) is 0.345. The third-order valence-corrected chi connectivity index (χ3v) is 6.34. The number of carboxylic acids is 2. The van der Waals surface area contributed by atoms with E-state index in [9.17, 15) is 9.59 Å². The molecule has 2 aliphatic rings. The van der Waals surface area contributed by atoms with Gasteiger partial charge in [-0.25, -0.2) is 14.6 Å². The molecular weight excluding hydrogens is 454 g/mol. The van der Waals surface area contributed by atoms with Gasteiger partial charge in [-0.3, -0.25) is 4.90 Å². The zero-order valence-electron chi connectivity index (χ0n) is 21.2. The van der Waals surface area contributed by atoms with E-state index >= 15 is 0 Å². The first-order valence-electron chi connectivity index (χ1n) is 12.4. The lowest BCUT2D eigenvalue weighted by atomic mass is 10.0. The molecule has 1 fully saturated rings. The maximum absolute atomic E-state index is 9.55. The first-order valence-corrected chi connectivity index (χ1v) is 12.4. The van der Waals surface area contributed by atoms with Gasteiger partial charge in [0.2, 0.25) is 0 Å². The zero-order valence-corrected chi connectivity index (χ0v) is 21.2. The first-order chi connectivity index (χ1) is 17.3. The largest absolute Gasteiger partial charge is 0.478 e. The molecular formula is C29H35N3O4. The normalized spacial score (nSPS) is 15.9. The number of piperazine rings is 1. The van der Waals surface area contributed by atoms with Crippen molar-refractivity contribution in [3.8, 4) is 0 Å². The molecule has 0 unspecified atom stereocenters. The average Bonchev–Trinajstić information content (AvgIpc) is 3.07. The van der Waals surface area contributed by atoms with E-state index in [0.717, 1.165) is 50.5 Å². The van der Waals surface area contributed by atoms with E-state index in [1.165, 1.54) is 22.3 Å². The minimum atomic E-state index is -1.26. The predicted molar refractivity (Wildman–Crippen MR) is 144 cm³/mol. The first kappa shape index (κ1) is 26.9. The maximum atomic E-state index is 9.55. The molecule has 7 nitrogen and oxygen atoms in total. The van der Waals surface area contributed by atoms with Crippen molar-refractivity contribution in [1.82, 2.24) is 9.80 Å². The Labute approximate surface area is 213 Å². The maximum Gasteiger partial charge on any atom is 0.328 e. The Morgan fingerprint density at radius 2 is 1.61 bits per heavy atom. The Hall–Kier alpha value is -3.71. The van der Waals surface area contributed by atoms with E-state index in [4.69, 9.17) is 15.2 Å². The predicted octanol–water partition coefficient (Wildman–Crippen LogP) is 4.66. The van der Waals surface area contributed by atoms with Crippen molar-refractivity contribution >= 4 is 29.0 Å². The number of aryl methyl sites for hydroxylation is 1. The molecule has 2 aromatic carbocycles. The van der Waals surface area contributed by atoms with Crippen molar-refractivity contribution in [2.24, 2.45) is 4.99 Å². The molecule has 0 amide bonds. The van der Waals surface area contributed by atoms with Gasteiger partial charge in [-0.15, -0.1) is 0 Å². The van der Waals surface area contributed by atoms with Crippen molar-refractivity contribution < 1.29 is 19.8 Å². The van der Waals surface area contributed by atoms with Crippen molar-refractivity contribution in [2.45, 2.75) is 39.7 Å². The molecule has 0 bridgehead atoms. The molecule has 0 radical (unpaired) electrons. The number of nitrogens with zero attached hydrogens (tertiary/aromatic N) is 3. The summed E-state index contributed by atoms with van der Waals surface area (Å²) >= 11 is 0. The lowest BCUT2D eigenvalue weighted by molar-refractivity contribution is -0.134. The molecule has 0 aromatic heterocycles. The van der Waals surface area contributed by atoms with Crippen LogP contribution in [0.4, 0.5) is 5.69 Å². The van der Waals surface area contributed by atoms with Crippen LogP contribution in [0.3, 0.4) is 0 Å². The van der Waals surface area contributed by atoms with Crippen molar-refractivity contribution in [1.29, 1.82) is 0 Å². The molecule has 2 N–H and O–H groups in total. The summed E-state index contributed by atoms with van der Waals surface area (Å²) in [6.07, 6.45) is 5.50. The zero-order chi connectivity index (χ0) is 26.1.